The molecule has 0 amide bonds. The molecule has 1 unspecified atom stereocenters. The van der Waals surface area contributed by atoms with Crippen molar-refractivity contribution >= 4 is 35.8 Å². The third kappa shape index (κ3) is 7.00. The molecule has 3 rings (SSSR count). The van der Waals surface area contributed by atoms with Gasteiger partial charge in [-0.05, 0) is 55.5 Å². The number of methoxy groups -OCH3 is 1. The van der Waals surface area contributed by atoms with Crippen LogP contribution >= 0.6 is 24.0 Å². The van der Waals surface area contributed by atoms with Crippen LogP contribution in [0.25, 0.3) is 0 Å². The maximum Gasteiger partial charge on any atom is 0.191 e. The third-order valence-electron chi connectivity index (χ3n) is 5.14. The van der Waals surface area contributed by atoms with Crippen molar-refractivity contribution in [2.45, 2.75) is 31.7 Å². The predicted molar refractivity (Wildman–Crippen MR) is 131 cm³/mol. The Balaban J connectivity index is 0.00000320. The highest BCUT2D eigenvalue weighted by atomic mass is 127. The summed E-state index contributed by atoms with van der Waals surface area (Å²) in [5.74, 6) is 1.84. The number of nitrogens with zero attached hydrogens (tertiary/aromatic N) is 3. The van der Waals surface area contributed by atoms with Crippen LogP contribution in [0.5, 0.6) is 5.75 Å². The van der Waals surface area contributed by atoms with E-state index in [0.29, 0.717) is 12.4 Å². The smallest absolute Gasteiger partial charge is 0.191 e. The van der Waals surface area contributed by atoms with Gasteiger partial charge in [0.2, 0.25) is 0 Å². The SMILES string of the molecule is CN=C(NCCCCc1ccc(OC)cc1)NC1CCN(c2ncccc2F)C1.I. The highest BCUT2D eigenvalue weighted by Gasteiger charge is 2.25. The molecule has 6 nitrogen and oxygen atoms in total. The van der Waals surface area contributed by atoms with Crippen LogP contribution in [0.4, 0.5) is 10.2 Å². The average molecular weight is 527 g/mol. The second-order valence-corrected chi connectivity index (χ2v) is 7.19. The number of aliphatic imine (C=N–C) groups is 1. The molecule has 8 heteroatoms. The van der Waals surface area contributed by atoms with Crippen molar-refractivity contribution < 1.29 is 9.13 Å². The number of aryl methyl sites for hydroxylation is 1. The number of halogens is 2. The standard InChI is InChI=1S/C22H30FN5O.HI/c1-24-22(26-13-4-3-6-17-8-10-19(29-2)11-9-17)27-18-12-15-28(16-18)21-20(23)7-5-14-25-21;/h5,7-11,14,18H,3-4,6,12-13,15-16H2,1-2H3,(H2,24,26,27);1H. The lowest BCUT2D eigenvalue weighted by molar-refractivity contribution is 0.414. The number of guanidine groups is 1. The van der Waals surface area contributed by atoms with E-state index in [2.05, 4.69) is 32.7 Å². The van der Waals surface area contributed by atoms with E-state index in [0.717, 1.165) is 50.5 Å². The monoisotopic (exact) mass is 527 g/mol. The van der Waals surface area contributed by atoms with Gasteiger partial charge in [-0.1, -0.05) is 12.1 Å². The van der Waals surface area contributed by atoms with Crippen molar-refractivity contribution in [3.63, 3.8) is 0 Å². The minimum atomic E-state index is -0.271. The summed E-state index contributed by atoms with van der Waals surface area (Å²) in [5.41, 5.74) is 1.32. The van der Waals surface area contributed by atoms with Crippen LogP contribution in [0.15, 0.2) is 47.6 Å². The van der Waals surface area contributed by atoms with Crippen LogP contribution < -0.4 is 20.3 Å². The first kappa shape index (κ1) is 24.2. The molecular formula is C22H31FIN5O. The fourth-order valence-electron chi connectivity index (χ4n) is 3.52. The molecule has 1 saturated heterocycles. The lowest BCUT2D eigenvalue weighted by atomic mass is 10.1. The fraction of sp³-hybridized carbons (Fsp3) is 0.455. The molecule has 0 bridgehead atoms. The maximum absolute atomic E-state index is 13.9. The van der Waals surface area contributed by atoms with E-state index in [1.165, 1.54) is 11.6 Å². The van der Waals surface area contributed by atoms with Crippen LogP contribution in [-0.4, -0.2) is 50.8 Å². The molecule has 2 N–H and O–H groups in total. The van der Waals surface area contributed by atoms with E-state index < -0.39 is 0 Å². The second kappa shape index (κ2) is 12.6. The van der Waals surface area contributed by atoms with E-state index >= 15 is 0 Å². The van der Waals surface area contributed by atoms with Gasteiger partial charge in [0, 0.05) is 38.9 Å². The van der Waals surface area contributed by atoms with Crippen LogP contribution in [0.2, 0.25) is 0 Å². The molecule has 1 fully saturated rings. The molecule has 30 heavy (non-hydrogen) atoms. The van der Waals surface area contributed by atoms with Gasteiger partial charge in [0.15, 0.2) is 17.6 Å². The van der Waals surface area contributed by atoms with Crippen LogP contribution in [-0.2, 0) is 6.42 Å². The second-order valence-electron chi connectivity index (χ2n) is 7.19. The number of benzene rings is 1. The summed E-state index contributed by atoms with van der Waals surface area (Å²) in [7, 11) is 3.46. The van der Waals surface area contributed by atoms with Crippen molar-refractivity contribution in [1.29, 1.82) is 0 Å². The van der Waals surface area contributed by atoms with E-state index in [1.807, 2.05) is 17.0 Å². The third-order valence-corrected chi connectivity index (χ3v) is 5.14. The van der Waals surface area contributed by atoms with Gasteiger partial charge >= 0.3 is 0 Å². The molecule has 0 spiro atoms. The summed E-state index contributed by atoms with van der Waals surface area (Å²) in [6.07, 6.45) is 5.76. The molecule has 0 aliphatic carbocycles. The fourth-order valence-corrected chi connectivity index (χ4v) is 3.52. The van der Waals surface area contributed by atoms with Gasteiger partial charge in [-0.2, -0.15) is 0 Å². The van der Waals surface area contributed by atoms with Gasteiger partial charge in [0.25, 0.3) is 0 Å². The van der Waals surface area contributed by atoms with Gasteiger partial charge < -0.3 is 20.3 Å². The van der Waals surface area contributed by atoms with Crippen molar-refractivity contribution in [3.05, 3.63) is 54.0 Å². The molecular weight excluding hydrogens is 496 g/mol. The summed E-state index contributed by atoms with van der Waals surface area (Å²) < 4.78 is 19.1. The number of aromatic nitrogens is 1. The zero-order valence-corrected chi connectivity index (χ0v) is 19.9. The predicted octanol–water partition coefficient (Wildman–Crippen LogP) is 3.61. The van der Waals surface area contributed by atoms with Crippen molar-refractivity contribution in [1.82, 2.24) is 15.6 Å². The molecule has 0 saturated carbocycles. The van der Waals surface area contributed by atoms with E-state index in [1.54, 1.807) is 26.4 Å². The zero-order chi connectivity index (χ0) is 20.5. The molecule has 164 valence electrons. The van der Waals surface area contributed by atoms with Crippen molar-refractivity contribution in [3.8, 4) is 5.75 Å². The lowest BCUT2D eigenvalue weighted by Gasteiger charge is -2.20. The van der Waals surface area contributed by atoms with Gasteiger partial charge in [0.1, 0.15) is 5.75 Å². The number of ether oxygens (including phenoxy) is 1. The number of nitrogens with one attached hydrogen (secondary N) is 2. The average Bonchev–Trinajstić information content (AvgIpc) is 3.21. The molecule has 0 radical (unpaired) electrons. The molecule has 1 aliphatic heterocycles. The summed E-state index contributed by atoms with van der Waals surface area (Å²) in [6, 6.07) is 11.5. The normalized spacial score (nSPS) is 16.2. The first-order valence-electron chi connectivity index (χ1n) is 10.1. The Morgan fingerprint density at radius 2 is 2.07 bits per heavy atom. The molecule has 2 heterocycles. The number of hydrogen-bond donors (Lipinski definition) is 2. The first-order chi connectivity index (χ1) is 14.2. The van der Waals surface area contributed by atoms with Crippen LogP contribution in [0.1, 0.15) is 24.8 Å². The summed E-state index contributed by atoms with van der Waals surface area (Å²) in [4.78, 5) is 10.5. The van der Waals surface area contributed by atoms with Gasteiger partial charge in [-0.15, -0.1) is 24.0 Å². The zero-order valence-electron chi connectivity index (χ0n) is 17.6. The molecule has 2 aromatic rings. The minimum Gasteiger partial charge on any atom is -0.497 e. The Morgan fingerprint density at radius 1 is 1.27 bits per heavy atom. The first-order valence-corrected chi connectivity index (χ1v) is 10.1. The van der Waals surface area contributed by atoms with Crippen molar-refractivity contribution in [2.75, 3.05) is 38.7 Å². The number of rotatable bonds is 8. The highest BCUT2D eigenvalue weighted by Crippen LogP contribution is 2.20. The van der Waals surface area contributed by atoms with E-state index in [4.69, 9.17) is 4.74 Å². The Bertz CT molecular complexity index is 802. The Morgan fingerprint density at radius 3 is 2.77 bits per heavy atom. The Labute approximate surface area is 195 Å². The van der Waals surface area contributed by atoms with Crippen LogP contribution in [0, 0.1) is 5.82 Å². The largest absolute Gasteiger partial charge is 0.497 e. The van der Waals surface area contributed by atoms with Gasteiger partial charge in [-0.25, -0.2) is 9.37 Å². The minimum absolute atomic E-state index is 0. The quantitative estimate of drug-likeness (QED) is 0.238. The highest BCUT2D eigenvalue weighted by molar-refractivity contribution is 14.0. The maximum atomic E-state index is 13.9. The molecule has 1 aromatic heterocycles. The summed E-state index contributed by atoms with van der Waals surface area (Å²) in [6.45, 7) is 2.36. The number of anilines is 1. The van der Waals surface area contributed by atoms with E-state index in [-0.39, 0.29) is 35.8 Å². The topological polar surface area (TPSA) is 61.8 Å². The Kier molecular flexibility index (Phi) is 10.1. The number of hydrogen-bond acceptors (Lipinski definition) is 4. The number of unbranched alkanes of at least 4 members (excludes halogenated alkanes) is 1. The van der Waals surface area contributed by atoms with Crippen molar-refractivity contribution in [2.24, 2.45) is 4.99 Å². The van der Waals surface area contributed by atoms with Crippen LogP contribution in [0.3, 0.4) is 0 Å². The van der Waals surface area contributed by atoms with E-state index in [9.17, 15) is 4.39 Å². The summed E-state index contributed by atoms with van der Waals surface area (Å²) >= 11 is 0. The molecule has 1 aliphatic rings. The number of pyridine rings is 1. The molecule has 1 atom stereocenters. The van der Waals surface area contributed by atoms with Gasteiger partial charge in [0.05, 0.1) is 7.11 Å². The summed E-state index contributed by atoms with van der Waals surface area (Å²) in [5, 5.41) is 6.82. The molecule has 1 aromatic carbocycles. The lowest BCUT2D eigenvalue weighted by Crippen LogP contribution is -2.45. The Hall–Kier alpha value is -2.10. The van der Waals surface area contributed by atoms with Gasteiger partial charge in [-0.3, -0.25) is 4.99 Å².